The molecule has 1 aromatic rings. The van der Waals surface area contributed by atoms with Gasteiger partial charge in [-0.1, -0.05) is 32.9 Å². The van der Waals surface area contributed by atoms with Gasteiger partial charge in [-0.05, 0) is 48.3 Å². The lowest BCUT2D eigenvalue weighted by molar-refractivity contribution is -0.156. The van der Waals surface area contributed by atoms with Gasteiger partial charge in [-0.15, -0.1) is 0 Å². The topological polar surface area (TPSA) is 26.3 Å². The lowest BCUT2D eigenvalue weighted by Gasteiger charge is -2.38. The van der Waals surface area contributed by atoms with Gasteiger partial charge in [0.05, 0.1) is 6.42 Å². The summed E-state index contributed by atoms with van der Waals surface area (Å²) < 4.78 is 18.9. The van der Waals surface area contributed by atoms with Crippen LogP contribution in [0.5, 0.6) is 0 Å². The predicted molar refractivity (Wildman–Crippen MR) is 79.2 cm³/mol. The fourth-order valence-electron chi connectivity index (χ4n) is 4.32. The van der Waals surface area contributed by atoms with E-state index in [0.717, 1.165) is 12.8 Å². The number of rotatable bonds is 3. The number of ether oxygens (including phenoxy) is 1. The van der Waals surface area contributed by atoms with Gasteiger partial charge in [0.15, 0.2) is 0 Å². The van der Waals surface area contributed by atoms with Crippen LogP contribution in [-0.2, 0) is 16.0 Å². The van der Waals surface area contributed by atoms with E-state index in [1.165, 1.54) is 18.6 Å². The third kappa shape index (κ3) is 2.27. The lowest BCUT2D eigenvalue weighted by atomic mass is 9.70. The van der Waals surface area contributed by atoms with Crippen LogP contribution in [0.25, 0.3) is 0 Å². The van der Waals surface area contributed by atoms with E-state index < -0.39 is 0 Å². The molecule has 0 heterocycles. The van der Waals surface area contributed by atoms with Crippen molar-refractivity contribution >= 4 is 5.97 Å². The summed E-state index contributed by atoms with van der Waals surface area (Å²) >= 11 is 0. The van der Waals surface area contributed by atoms with Crippen LogP contribution in [0.2, 0.25) is 0 Å². The van der Waals surface area contributed by atoms with Crippen molar-refractivity contribution in [1.82, 2.24) is 0 Å². The summed E-state index contributed by atoms with van der Waals surface area (Å²) in [5.41, 5.74) is 0.985. The number of fused-ring (bicyclic) bond motifs is 2. The molecule has 0 aromatic heterocycles. The maximum atomic E-state index is 13.2. The van der Waals surface area contributed by atoms with Crippen LogP contribution < -0.4 is 0 Å². The second-order valence-electron chi connectivity index (χ2n) is 7.40. The summed E-state index contributed by atoms with van der Waals surface area (Å²) in [4.78, 5) is 12.2. The summed E-state index contributed by atoms with van der Waals surface area (Å²) in [5, 5.41) is 0. The number of hydrogen-bond acceptors (Lipinski definition) is 2. The predicted octanol–water partition coefficient (Wildman–Crippen LogP) is 4.13. The van der Waals surface area contributed by atoms with Gasteiger partial charge in [0, 0.05) is 5.41 Å². The summed E-state index contributed by atoms with van der Waals surface area (Å²) in [5.74, 6) is 0.0953. The van der Waals surface area contributed by atoms with Crippen molar-refractivity contribution in [2.45, 2.75) is 52.6 Å². The molecule has 2 aliphatic rings. The Morgan fingerprint density at radius 2 is 2.14 bits per heavy atom. The van der Waals surface area contributed by atoms with E-state index in [2.05, 4.69) is 20.8 Å². The van der Waals surface area contributed by atoms with Gasteiger partial charge in [-0.25, -0.2) is 4.39 Å². The molecule has 1 aromatic carbocycles. The Hall–Kier alpha value is -1.38. The van der Waals surface area contributed by atoms with Crippen molar-refractivity contribution in [1.29, 1.82) is 0 Å². The molecule has 3 atom stereocenters. The number of carbonyl (C=O) groups is 1. The molecular formula is C18H23FO2. The third-order valence-corrected chi connectivity index (χ3v) is 6.23. The maximum absolute atomic E-state index is 13.2. The molecule has 0 N–H and O–H groups in total. The van der Waals surface area contributed by atoms with Gasteiger partial charge in [0.25, 0.3) is 0 Å². The molecule has 2 nitrogen and oxygen atoms in total. The second-order valence-corrected chi connectivity index (χ2v) is 7.40. The summed E-state index contributed by atoms with van der Waals surface area (Å²) in [6, 6.07) is 6.17. The van der Waals surface area contributed by atoms with Gasteiger partial charge >= 0.3 is 5.97 Å². The molecule has 3 heteroatoms. The minimum atomic E-state index is -0.312. The van der Waals surface area contributed by atoms with Crippen molar-refractivity contribution in [2.75, 3.05) is 0 Å². The van der Waals surface area contributed by atoms with E-state index in [4.69, 9.17) is 4.74 Å². The molecule has 3 rings (SSSR count). The molecule has 114 valence electrons. The first-order valence-electron chi connectivity index (χ1n) is 7.77. The van der Waals surface area contributed by atoms with Crippen molar-refractivity contribution < 1.29 is 13.9 Å². The average Bonchev–Trinajstić information content (AvgIpc) is 2.72. The molecule has 0 saturated heterocycles. The van der Waals surface area contributed by atoms with E-state index >= 15 is 0 Å². The highest BCUT2D eigenvalue weighted by molar-refractivity contribution is 5.72. The van der Waals surface area contributed by atoms with Crippen molar-refractivity contribution in [3.05, 3.63) is 35.6 Å². The zero-order valence-electron chi connectivity index (χ0n) is 13.0. The van der Waals surface area contributed by atoms with E-state index in [0.29, 0.717) is 11.5 Å². The van der Waals surface area contributed by atoms with Crippen molar-refractivity contribution in [3.8, 4) is 0 Å². The number of esters is 1. The molecular weight excluding hydrogens is 267 g/mol. The highest BCUT2D eigenvalue weighted by Gasteiger charge is 2.62. The van der Waals surface area contributed by atoms with Crippen molar-refractivity contribution in [3.63, 3.8) is 0 Å². The van der Waals surface area contributed by atoms with Crippen LogP contribution in [0, 0.1) is 22.6 Å². The largest absolute Gasteiger partial charge is 0.462 e. The molecule has 0 spiro atoms. The number of benzene rings is 1. The zero-order chi connectivity index (χ0) is 15.3. The first kappa shape index (κ1) is 14.6. The van der Waals surface area contributed by atoms with Crippen LogP contribution >= 0.6 is 0 Å². The second kappa shape index (κ2) is 4.82. The Balaban J connectivity index is 1.67. The van der Waals surface area contributed by atoms with Gasteiger partial charge in [-0.2, -0.15) is 0 Å². The highest BCUT2D eigenvalue weighted by atomic mass is 19.1. The van der Waals surface area contributed by atoms with Gasteiger partial charge in [0.1, 0.15) is 11.9 Å². The quantitative estimate of drug-likeness (QED) is 0.783. The Kier molecular flexibility index (Phi) is 3.34. The molecule has 0 aliphatic heterocycles. The molecule has 2 aliphatic carbocycles. The molecule has 2 saturated carbocycles. The average molecular weight is 290 g/mol. The summed E-state index contributed by atoms with van der Waals surface area (Å²) in [6.07, 6.45) is 3.49. The highest BCUT2D eigenvalue weighted by Crippen LogP contribution is 2.66. The van der Waals surface area contributed by atoms with E-state index in [-0.39, 0.29) is 35.1 Å². The van der Waals surface area contributed by atoms with Crippen LogP contribution in [0.4, 0.5) is 4.39 Å². The molecule has 2 bridgehead atoms. The molecule has 2 fully saturated rings. The smallest absolute Gasteiger partial charge is 0.310 e. The zero-order valence-corrected chi connectivity index (χ0v) is 13.0. The van der Waals surface area contributed by atoms with Gasteiger partial charge < -0.3 is 4.74 Å². The van der Waals surface area contributed by atoms with Crippen LogP contribution in [-0.4, -0.2) is 12.1 Å². The minimum absolute atomic E-state index is 0.00677. The van der Waals surface area contributed by atoms with E-state index in [1.54, 1.807) is 12.1 Å². The number of halogens is 1. The van der Waals surface area contributed by atoms with Crippen LogP contribution in [0.1, 0.15) is 45.6 Å². The monoisotopic (exact) mass is 290 g/mol. The first-order chi connectivity index (χ1) is 9.83. The Labute approximate surface area is 125 Å². The molecule has 0 amide bonds. The Morgan fingerprint density at radius 3 is 2.71 bits per heavy atom. The maximum Gasteiger partial charge on any atom is 0.310 e. The number of carbonyl (C=O) groups excluding carboxylic acids is 1. The fourth-order valence-corrected chi connectivity index (χ4v) is 4.32. The summed E-state index contributed by atoms with van der Waals surface area (Å²) in [7, 11) is 0. The molecule has 0 radical (unpaired) electrons. The standard InChI is InChI=1S/C18H23FO2/c1-17(2)13-7-8-18(17,3)15(11-13)21-16(20)10-12-5-4-6-14(19)9-12/h4-6,9,13,15H,7-8,10-11H2,1-3H3. The van der Waals surface area contributed by atoms with E-state index in [9.17, 15) is 9.18 Å². The van der Waals surface area contributed by atoms with Gasteiger partial charge in [-0.3, -0.25) is 4.79 Å². The van der Waals surface area contributed by atoms with Crippen LogP contribution in [0.15, 0.2) is 24.3 Å². The minimum Gasteiger partial charge on any atom is -0.462 e. The lowest BCUT2D eigenvalue weighted by Crippen LogP contribution is -2.38. The third-order valence-electron chi connectivity index (χ3n) is 6.23. The number of hydrogen-bond donors (Lipinski definition) is 0. The van der Waals surface area contributed by atoms with Gasteiger partial charge in [0.2, 0.25) is 0 Å². The first-order valence-corrected chi connectivity index (χ1v) is 7.77. The van der Waals surface area contributed by atoms with Crippen molar-refractivity contribution in [2.24, 2.45) is 16.7 Å². The summed E-state index contributed by atoms with van der Waals surface area (Å²) in [6.45, 7) is 6.84. The molecule has 21 heavy (non-hydrogen) atoms. The Morgan fingerprint density at radius 1 is 1.38 bits per heavy atom. The molecule has 3 unspecified atom stereocenters. The SMILES string of the molecule is CC1(C)C2CCC1(C)C(OC(=O)Cc1cccc(F)c1)C2. The van der Waals surface area contributed by atoms with E-state index in [1.807, 2.05) is 0 Å². The Bertz CT molecular complexity index is 566. The van der Waals surface area contributed by atoms with Crippen LogP contribution in [0.3, 0.4) is 0 Å². The normalized spacial score (nSPS) is 33.1. The fraction of sp³-hybridized carbons (Fsp3) is 0.611.